The van der Waals surface area contributed by atoms with E-state index in [0.29, 0.717) is 6.04 Å². The number of aliphatic imine (C=N–C) groups is 1. The van der Waals surface area contributed by atoms with E-state index in [1.54, 1.807) is 0 Å². The second-order valence-corrected chi connectivity index (χ2v) is 5.76. The molecule has 0 bridgehead atoms. The molecular formula is C17H28N4. The van der Waals surface area contributed by atoms with Crippen molar-refractivity contribution in [2.75, 3.05) is 26.7 Å². The molecule has 1 aromatic carbocycles. The Morgan fingerprint density at radius 3 is 2.71 bits per heavy atom. The minimum atomic E-state index is 0.656. The standard InChI is InChI=1S/C17H28N4/c1-3-18-17(20-16-10-11-16)19-12-7-13-21(2)14-15-8-5-4-6-9-15/h4-6,8-9,16H,3,7,10-14H2,1-2H3,(H2,18,19,20). The summed E-state index contributed by atoms with van der Waals surface area (Å²) in [6.07, 6.45) is 3.65. The predicted octanol–water partition coefficient (Wildman–Crippen LogP) is 2.23. The van der Waals surface area contributed by atoms with Crippen LogP contribution in [0, 0.1) is 0 Å². The zero-order chi connectivity index (χ0) is 14.9. The number of guanidine groups is 1. The van der Waals surface area contributed by atoms with Crippen LogP contribution in [0.4, 0.5) is 0 Å². The molecule has 4 heteroatoms. The smallest absolute Gasteiger partial charge is 0.191 e. The van der Waals surface area contributed by atoms with E-state index >= 15 is 0 Å². The lowest BCUT2D eigenvalue weighted by atomic mass is 10.2. The predicted molar refractivity (Wildman–Crippen MR) is 89.5 cm³/mol. The molecule has 1 aliphatic carbocycles. The molecule has 0 atom stereocenters. The highest BCUT2D eigenvalue weighted by molar-refractivity contribution is 5.80. The van der Waals surface area contributed by atoms with Crippen LogP contribution < -0.4 is 10.6 Å². The highest BCUT2D eigenvalue weighted by Gasteiger charge is 2.21. The Morgan fingerprint density at radius 2 is 2.05 bits per heavy atom. The number of nitrogens with one attached hydrogen (secondary N) is 2. The molecule has 116 valence electrons. The minimum Gasteiger partial charge on any atom is -0.357 e. The van der Waals surface area contributed by atoms with Gasteiger partial charge in [-0.05, 0) is 45.3 Å². The Balaban J connectivity index is 1.65. The maximum absolute atomic E-state index is 4.64. The molecule has 0 aliphatic heterocycles. The average Bonchev–Trinajstić information content (AvgIpc) is 3.29. The lowest BCUT2D eigenvalue weighted by Crippen LogP contribution is -2.38. The van der Waals surface area contributed by atoms with Gasteiger partial charge in [0.15, 0.2) is 5.96 Å². The van der Waals surface area contributed by atoms with Gasteiger partial charge in [-0.25, -0.2) is 0 Å². The maximum Gasteiger partial charge on any atom is 0.191 e. The fourth-order valence-electron chi connectivity index (χ4n) is 2.25. The molecule has 0 heterocycles. The van der Waals surface area contributed by atoms with E-state index in [0.717, 1.165) is 38.6 Å². The summed E-state index contributed by atoms with van der Waals surface area (Å²) in [6, 6.07) is 11.3. The summed E-state index contributed by atoms with van der Waals surface area (Å²) in [6.45, 7) is 5.98. The zero-order valence-electron chi connectivity index (χ0n) is 13.3. The molecule has 1 fully saturated rings. The fourth-order valence-corrected chi connectivity index (χ4v) is 2.25. The molecule has 0 radical (unpaired) electrons. The van der Waals surface area contributed by atoms with Crippen LogP contribution in [0.5, 0.6) is 0 Å². The maximum atomic E-state index is 4.64. The molecule has 1 saturated carbocycles. The van der Waals surface area contributed by atoms with E-state index in [4.69, 9.17) is 0 Å². The van der Waals surface area contributed by atoms with Crippen molar-refractivity contribution >= 4 is 5.96 Å². The highest BCUT2D eigenvalue weighted by Crippen LogP contribution is 2.18. The van der Waals surface area contributed by atoms with Crippen LogP contribution in [0.2, 0.25) is 0 Å². The van der Waals surface area contributed by atoms with Crippen molar-refractivity contribution in [3.8, 4) is 0 Å². The molecule has 0 amide bonds. The summed E-state index contributed by atoms with van der Waals surface area (Å²) in [5, 5.41) is 6.75. The van der Waals surface area contributed by atoms with Crippen molar-refractivity contribution in [2.24, 2.45) is 4.99 Å². The normalized spacial score (nSPS) is 15.3. The SMILES string of the molecule is CCNC(=NCCCN(C)Cc1ccccc1)NC1CC1. The second-order valence-electron chi connectivity index (χ2n) is 5.76. The summed E-state index contributed by atoms with van der Waals surface area (Å²) in [7, 11) is 2.17. The molecule has 0 unspecified atom stereocenters. The molecule has 1 aliphatic rings. The quantitative estimate of drug-likeness (QED) is 0.438. The van der Waals surface area contributed by atoms with Crippen molar-refractivity contribution in [1.29, 1.82) is 0 Å². The van der Waals surface area contributed by atoms with Gasteiger partial charge < -0.3 is 15.5 Å². The summed E-state index contributed by atoms with van der Waals surface area (Å²) in [4.78, 5) is 6.99. The van der Waals surface area contributed by atoms with Crippen LogP contribution in [0.1, 0.15) is 31.7 Å². The highest BCUT2D eigenvalue weighted by atomic mass is 15.2. The summed E-state index contributed by atoms with van der Waals surface area (Å²) < 4.78 is 0. The van der Waals surface area contributed by atoms with Gasteiger partial charge in [-0.3, -0.25) is 4.99 Å². The fraction of sp³-hybridized carbons (Fsp3) is 0.588. The lowest BCUT2D eigenvalue weighted by Gasteiger charge is -2.16. The first-order valence-corrected chi connectivity index (χ1v) is 8.05. The van der Waals surface area contributed by atoms with Crippen molar-refractivity contribution in [2.45, 2.75) is 38.8 Å². The van der Waals surface area contributed by atoms with E-state index < -0.39 is 0 Å². The van der Waals surface area contributed by atoms with Gasteiger partial charge in [0.2, 0.25) is 0 Å². The molecule has 1 aromatic rings. The van der Waals surface area contributed by atoms with E-state index in [-0.39, 0.29) is 0 Å². The third-order valence-electron chi connectivity index (χ3n) is 3.53. The average molecular weight is 288 g/mol. The minimum absolute atomic E-state index is 0.656. The first-order valence-electron chi connectivity index (χ1n) is 8.05. The van der Waals surface area contributed by atoms with Crippen LogP contribution in [0.15, 0.2) is 35.3 Å². The van der Waals surface area contributed by atoms with E-state index in [1.807, 2.05) is 0 Å². The zero-order valence-corrected chi connectivity index (χ0v) is 13.3. The van der Waals surface area contributed by atoms with Crippen LogP contribution >= 0.6 is 0 Å². The summed E-state index contributed by atoms with van der Waals surface area (Å²) >= 11 is 0. The first-order chi connectivity index (χ1) is 10.3. The van der Waals surface area contributed by atoms with Crippen molar-refractivity contribution < 1.29 is 0 Å². The van der Waals surface area contributed by atoms with Crippen LogP contribution in [-0.4, -0.2) is 43.6 Å². The van der Waals surface area contributed by atoms with Gasteiger partial charge in [-0.15, -0.1) is 0 Å². The molecule has 0 spiro atoms. The Kier molecular flexibility index (Phi) is 6.54. The first kappa shape index (κ1) is 15.8. The second kappa shape index (κ2) is 8.67. The third kappa shape index (κ3) is 6.63. The van der Waals surface area contributed by atoms with Crippen LogP contribution in [0.3, 0.4) is 0 Å². The van der Waals surface area contributed by atoms with E-state index in [2.05, 4.69) is 64.8 Å². The summed E-state index contributed by atoms with van der Waals surface area (Å²) in [5.41, 5.74) is 1.37. The Bertz CT molecular complexity index is 426. The summed E-state index contributed by atoms with van der Waals surface area (Å²) in [5.74, 6) is 0.978. The Hall–Kier alpha value is -1.55. The monoisotopic (exact) mass is 288 g/mol. The molecular weight excluding hydrogens is 260 g/mol. The Morgan fingerprint density at radius 1 is 1.29 bits per heavy atom. The van der Waals surface area contributed by atoms with E-state index in [1.165, 1.54) is 18.4 Å². The van der Waals surface area contributed by atoms with Crippen LogP contribution in [-0.2, 0) is 6.54 Å². The van der Waals surface area contributed by atoms with Gasteiger partial charge in [0, 0.05) is 25.7 Å². The number of nitrogens with zero attached hydrogens (tertiary/aromatic N) is 2. The van der Waals surface area contributed by atoms with Crippen molar-refractivity contribution in [3.63, 3.8) is 0 Å². The molecule has 2 rings (SSSR count). The van der Waals surface area contributed by atoms with Gasteiger partial charge in [-0.1, -0.05) is 30.3 Å². The Labute approximate surface area is 128 Å². The van der Waals surface area contributed by atoms with Gasteiger partial charge in [0.25, 0.3) is 0 Å². The topological polar surface area (TPSA) is 39.7 Å². The number of hydrogen-bond acceptors (Lipinski definition) is 2. The van der Waals surface area contributed by atoms with Gasteiger partial charge in [-0.2, -0.15) is 0 Å². The van der Waals surface area contributed by atoms with Crippen molar-refractivity contribution in [3.05, 3.63) is 35.9 Å². The number of hydrogen-bond donors (Lipinski definition) is 2. The van der Waals surface area contributed by atoms with Gasteiger partial charge in [0.1, 0.15) is 0 Å². The molecule has 0 saturated heterocycles. The van der Waals surface area contributed by atoms with Gasteiger partial charge >= 0.3 is 0 Å². The number of rotatable bonds is 8. The van der Waals surface area contributed by atoms with E-state index in [9.17, 15) is 0 Å². The molecule has 21 heavy (non-hydrogen) atoms. The largest absolute Gasteiger partial charge is 0.357 e. The van der Waals surface area contributed by atoms with Gasteiger partial charge in [0.05, 0.1) is 0 Å². The number of benzene rings is 1. The molecule has 2 N–H and O–H groups in total. The van der Waals surface area contributed by atoms with Crippen LogP contribution in [0.25, 0.3) is 0 Å². The third-order valence-corrected chi connectivity index (χ3v) is 3.53. The lowest BCUT2D eigenvalue weighted by molar-refractivity contribution is 0.324. The van der Waals surface area contributed by atoms with Crippen molar-refractivity contribution in [1.82, 2.24) is 15.5 Å². The molecule has 4 nitrogen and oxygen atoms in total. The molecule has 0 aromatic heterocycles.